The summed E-state index contributed by atoms with van der Waals surface area (Å²) in [6.45, 7) is 2.64. The van der Waals surface area contributed by atoms with Crippen LogP contribution in [0.15, 0.2) is 30.3 Å². The summed E-state index contributed by atoms with van der Waals surface area (Å²) < 4.78 is -1.60. The number of alkyl halides is 3. The first-order valence-electron chi connectivity index (χ1n) is 7.57. The number of hydrogen-bond donors (Lipinski definition) is 2. The second-order valence-corrected chi connectivity index (χ2v) is 7.59. The molecule has 1 aromatic carbocycles. The van der Waals surface area contributed by atoms with Gasteiger partial charge in [-0.15, -0.1) is 0 Å². The lowest BCUT2D eigenvalue weighted by molar-refractivity contribution is -0.122. The number of unbranched alkanes of at least 4 members (excludes halogenated alkanes) is 3. The van der Waals surface area contributed by atoms with Crippen molar-refractivity contribution in [2.45, 2.75) is 55.5 Å². The van der Waals surface area contributed by atoms with Crippen LogP contribution in [-0.2, 0) is 11.3 Å². The molecule has 0 aliphatic heterocycles. The molecule has 1 aromatic rings. The number of carbonyl (C=O) groups is 1. The van der Waals surface area contributed by atoms with Gasteiger partial charge < -0.3 is 5.32 Å². The number of rotatable bonds is 9. The summed E-state index contributed by atoms with van der Waals surface area (Å²) >= 11 is 17.8. The van der Waals surface area contributed by atoms with E-state index in [1.165, 1.54) is 0 Å². The third-order valence-electron chi connectivity index (χ3n) is 3.24. The Morgan fingerprint density at radius 3 is 2.41 bits per heavy atom. The van der Waals surface area contributed by atoms with E-state index in [1.807, 2.05) is 30.3 Å². The van der Waals surface area contributed by atoms with E-state index < -0.39 is 9.96 Å². The molecule has 0 aliphatic carbocycles. The van der Waals surface area contributed by atoms with E-state index in [9.17, 15) is 4.79 Å². The highest BCUT2D eigenvalue weighted by Crippen LogP contribution is 2.29. The number of hydrogen-bond acceptors (Lipinski definition) is 2. The number of nitrogens with one attached hydrogen (secondary N) is 2. The Balaban J connectivity index is 2.45. The van der Waals surface area contributed by atoms with Gasteiger partial charge in [-0.3, -0.25) is 10.1 Å². The van der Waals surface area contributed by atoms with Crippen molar-refractivity contribution in [2.24, 2.45) is 0 Å². The Bertz CT molecular complexity index is 435. The number of halogens is 3. The monoisotopic (exact) mass is 364 g/mol. The number of carbonyl (C=O) groups excluding carboxylic acids is 1. The van der Waals surface area contributed by atoms with E-state index in [-0.39, 0.29) is 5.91 Å². The van der Waals surface area contributed by atoms with Crippen molar-refractivity contribution < 1.29 is 4.79 Å². The third-order valence-corrected chi connectivity index (χ3v) is 3.90. The Morgan fingerprint density at radius 1 is 1.14 bits per heavy atom. The fourth-order valence-electron chi connectivity index (χ4n) is 2.01. The fourth-order valence-corrected chi connectivity index (χ4v) is 2.40. The highest BCUT2D eigenvalue weighted by molar-refractivity contribution is 6.68. The summed E-state index contributed by atoms with van der Waals surface area (Å²) in [7, 11) is 0. The van der Waals surface area contributed by atoms with Gasteiger partial charge in [-0.05, 0) is 12.0 Å². The molecule has 0 aliphatic rings. The molecule has 3 nitrogen and oxygen atoms in total. The number of benzene rings is 1. The Hall–Kier alpha value is -0.480. The molecule has 1 unspecified atom stereocenters. The first kappa shape index (κ1) is 19.6. The molecule has 0 bridgehead atoms. The van der Waals surface area contributed by atoms with Crippen molar-refractivity contribution in [3.8, 4) is 0 Å². The normalized spacial score (nSPS) is 12.9. The van der Waals surface area contributed by atoms with Crippen LogP contribution in [0.2, 0.25) is 0 Å². The molecule has 0 radical (unpaired) electrons. The summed E-state index contributed by atoms with van der Waals surface area (Å²) in [5.41, 5.74) is 1.05. The van der Waals surface area contributed by atoms with Gasteiger partial charge in [0.2, 0.25) is 9.70 Å². The lowest BCUT2D eigenvalue weighted by Gasteiger charge is -2.26. The van der Waals surface area contributed by atoms with Gasteiger partial charge in [0.05, 0.1) is 0 Å². The molecule has 1 rings (SSSR count). The van der Waals surface area contributed by atoms with Gasteiger partial charge in [-0.1, -0.05) is 91.3 Å². The van der Waals surface area contributed by atoms with Crippen LogP contribution in [0.3, 0.4) is 0 Å². The van der Waals surface area contributed by atoms with E-state index in [2.05, 4.69) is 17.6 Å². The van der Waals surface area contributed by atoms with Gasteiger partial charge in [0, 0.05) is 13.0 Å². The lowest BCUT2D eigenvalue weighted by Crippen LogP contribution is -2.53. The maximum absolute atomic E-state index is 11.9. The van der Waals surface area contributed by atoms with Crippen molar-refractivity contribution in [1.29, 1.82) is 0 Å². The van der Waals surface area contributed by atoms with Crippen LogP contribution in [0.5, 0.6) is 0 Å². The number of amides is 1. The van der Waals surface area contributed by atoms with Crippen LogP contribution in [-0.4, -0.2) is 15.9 Å². The molecule has 1 atom stereocenters. The highest BCUT2D eigenvalue weighted by atomic mass is 35.6. The minimum absolute atomic E-state index is 0.104. The molecule has 2 N–H and O–H groups in total. The fraction of sp³-hybridized carbons (Fsp3) is 0.562. The van der Waals surface area contributed by atoms with Crippen molar-refractivity contribution in [1.82, 2.24) is 10.6 Å². The maximum atomic E-state index is 11.9. The molecule has 0 fully saturated rings. The Kier molecular flexibility index (Phi) is 9.18. The van der Waals surface area contributed by atoms with E-state index in [1.54, 1.807) is 0 Å². The Labute approximate surface area is 147 Å². The van der Waals surface area contributed by atoms with Gasteiger partial charge in [-0.2, -0.15) is 0 Å². The standard InChI is InChI=1S/C16H23Cl3N2O/c1-2-3-4-8-11-14(22)21-15(16(17,18)19)20-12-13-9-6-5-7-10-13/h5-7,9-10,15,20H,2-4,8,11-12H2,1H3,(H,21,22). The van der Waals surface area contributed by atoms with Crippen molar-refractivity contribution in [3.05, 3.63) is 35.9 Å². The van der Waals surface area contributed by atoms with E-state index in [0.717, 1.165) is 31.2 Å². The van der Waals surface area contributed by atoms with Crippen molar-refractivity contribution in [3.63, 3.8) is 0 Å². The van der Waals surface area contributed by atoms with Crippen LogP contribution in [0, 0.1) is 0 Å². The van der Waals surface area contributed by atoms with Crippen molar-refractivity contribution in [2.75, 3.05) is 0 Å². The highest BCUT2D eigenvalue weighted by Gasteiger charge is 2.33. The first-order valence-corrected chi connectivity index (χ1v) is 8.70. The molecule has 1 amide bonds. The van der Waals surface area contributed by atoms with Crippen molar-refractivity contribution >= 4 is 40.7 Å². The van der Waals surface area contributed by atoms with E-state index in [4.69, 9.17) is 34.8 Å². The van der Waals surface area contributed by atoms with Gasteiger partial charge >= 0.3 is 0 Å². The van der Waals surface area contributed by atoms with Crippen LogP contribution < -0.4 is 10.6 Å². The molecule has 0 spiro atoms. The van der Waals surface area contributed by atoms with E-state index in [0.29, 0.717) is 13.0 Å². The van der Waals surface area contributed by atoms with Crippen LogP contribution in [0.4, 0.5) is 0 Å². The van der Waals surface area contributed by atoms with Crippen LogP contribution >= 0.6 is 34.8 Å². The minimum Gasteiger partial charge on any atom is -0.337 e. The SMILES string of the molecule is CCCCCCC(=O)NC(NCc1ccccc1)C(Cl)(Cl)Cl. The summed E-state index contributed by atoms with van der Waals surface area (Å²) in [6, 6.07) is 9.75. The summed E-state index contributed by atoms with van der Waals surface area (Å²) in [5.74, 6) is -0.104. The minimum atomic E-state index is -1.60. The molecule has 124 valence electrons. The average molecular weight is 366 g/mol. The molecule has 6 heteroatoms. The maximum Gasteiger partial charge on any atom is 0.223 e. The molecule has 0 saturated carbocycles. The van der Waals surface area contributed by atoms with Gasteiger partial charge in [0.25, 0.3) is 0 Å². The van der Waals surface area contributed by atoms with Gasteiger partial charge in [0.15, 0.2) is 0 Å². The predicted molar refractivity (Wildman–Crippen MR) is 94.3 cm³/mol. The second-order valence-electron chi connectivity index (χ2n) is 5.22. The second kappa shape index (κ2) is 10.3. The average Bonchev–Trinajstić information content (AvgIpc) is 2.48. The van der Waals surface area contributed by atoms with Gasteiger partial charge in [-0.25, -0.2) is 0 Å². The predicted octanol–water partition coefficient (Wildman–Crippen LogP) is 4.56. The molecule has 0 heterocycles. The molecule has 0 aromatic heterocycles. The molecule has 22 heavy (non-hydrogen) atoms. The third kappa shape index (κ3) is 8.23. The largest absolute Gasteiger partial charge is 0.337 e. The zero-order valence-electron chi connectivity index (χ0n) is 12.7. The quantitative estimate of drug-likeness (QED) is 0.383. The lowest BCUT2D eigenvalue weighted by atomic mass is 10.1. The summed E-state index contributed by atoms with van der Waals surface area (Å²) in [5, 5.41) is 5.84. The van der Waals surface area contributed by atoms with Crippen LogP contribution in [0.1, 0.15) is 44.6 Å². The van der Waals surface area contributed by atoms with E-state index >= 15 is 0 Å². The molecular formula is C16H23Cl3N2O. The Morgan fingerprint density at radius 2 is 1.82 bits per heavy atom. The van der Waals surface area contributed by atoms with Crippen LogP contribution in [0.25, 0.3) is 0 Å². The molecular weight excluding hydrogens is 343 g/mol. The topological polar surface area (TPSA) is 41.1 Å². The summed E-state index contributed by atoms with van der Waals surface area (Å²) in [4.78, 5) is 11.9. The molecule has 0 saturated heterocycles. The zero-order valence-corrected chi connectivity index (χ0v) is 15.0. The smallest absolute Gasteiger partial charge is 0.223 e. The zero-order chi connectivity index (χ0) is 16.4. The summed E-state index contributed by atoms with van der Waals surface area (Å²) in [6.07, 6.45) is 3.88. The first-order chi connectivity index (χ1) is 10.4. The van der Waals surface area contributed by atoms with Gasteiger partial charge in [0.1, 0.15) is 6.17 Å².